The highest BCUT2D eigenvalue weighted by molar-refractivity contribution is 9.09. The van der Waals surface area contributed by atoms with E-state index >= 15 is 0 Å². The van der Waals surface area contributed by atoms with E-state index in [1.165, 1.54) is 34.2 Å². The smallest absolute Gasteiger partial charge is 0.0615 e. The predicted octanol–water partition coefficient (Wildman–Crippen LogP) is 5.17. The summed E-state index contributed by atoms with van der Waals surface area (Å²) in [7, 11) is 0. The van der Waals surface area contributed by atoms with Gasteiger partial charge in [0, 0.05) is 17.4 Å². The second-order valence-electron chi connectivity index (χ2n) is 5.85. The molecule has 3 unspecified atom stereocenters. The van der Waals surface area contributed by atoms with E-state index in [1.807, 2.05) is 0 Å². The van der Waals surface area contributed by atoms with Gasteiger partial charge in [0.05, 0.1) is 6.10 Å². The van der Waals surface area contributed by atoms with Crippen LogP contribution in [0.15, 0.2) is 6.07 Å². The lowest BCUT2D eigenvalue weighted by Gasteiger charge is -2.27. The summed E-state index contributed by atoms with van der Waals surface area (Å²) in [4.78, 5) is 0.415. The Morgan fingerprint density at radius 2 is 1.79 bits per heavy atom. The van der Waals surface area contributed by atoms with Gasteiger partial charge >= 0.3 is 0 Å². The molecule has 1 saturated heterocycles. The van der Waals surface area contributed by atoms with Gasteiger partial charge in [-0.3, -0.25) is 0 Å². The van der Waals surface area contributed by atoms with Gasteiger partial charge in [0.15, 0.2) is 0 Å². The second kappa shape index (κ2) is 5.97. The Balaban J connectivity index is 2.41. The molecule has 1 heterocycles. The van der Waals surface area contributed by atoms with Crippen LogP contribution in [0.5, 0.6) is 0 Å². The molecule has 1 aromatic rings. The second-order valence-corrected chi connectivity index (χ2v) is 6.83. The van der Waals surface area contributed by atoms with Gasteiger partial charge in [-0.2, -0.15) is 0 Å². The lowest BCUT2D eigenvalue weighted by Crippen LogP contribution is -2.20. The quantitative estimate of drug-likeness (QED) is 0.697. The monoisotopic (exact) mass is 324 g/mol. The molecule has 1 aromatic carbocycles. The minimum Gasteiger partial charge on any atom is -0.378 e. The number of alkyl halides is 1. The fourth-order valence-corrected chi connectivity index (χ4v) is 4.59. The summed E-state index contributed by atoms with van der Waals surface area (Å²) in [5.41, 5.74) is 7.16. The van der Waals surface area contributed by atoms with Crippen LogP contribution in [-0.2, 0) is 4.74 Å². The van der Waals surface area contributed by atoms with E-state index in [9.17, 15) is 0 Å². The summed E-state index contributed by atoms with van der Waals surface area (Å²) >= 11 is 3.98. The maximum absolute atomic E-state index is 5.87. The Hall–Kier alpha value is -0.340. The van der Waals surface area contributed by atoms with Crippen LogP contribution >= 0.6 is 15.9 Å². The Labute approximate surface area is 125 Å². The van der Waals surface area contributed by atoms with Crippen LogP contribution in [-0.4, -0.2) is 12.7 Å². The maximum Gasteiger partial charge on any atom is 0.0615 e. The summed E-state index contributed by atoms with van der Waals surface area (Å²) in [5.74, 6) is 0.601. The summed E-state index contributed by atoms with van der Waals surface area (Å²) in [6.45, 7) is 12.1. The van der Waals surface area contributed by atoms with E-state index < -0.39 is 0 Å². The van der Waals surface area contributed by atoms with Crippen LogP contribution in [0, 0.1) is 33.6 Å². The molecule has 0 aromatic heterocycles. The van der Waals surface area contributed by atoms with Gasteiger partial charge in [-0.1, -0.05) is 28.9 Å². The molecule has 0 aliphatic carbocycles. The third kappa shape index (κ3) is 2.75. The molecule has 2 rings (SSSR count). The molecule has 19 heavy (non-hydrogen) atoms. The summed E-state index contributed by atoms with van der Waals surface area (Å²) in [5, 5.41) is 0. The van der Waals surface area contributed by atoms with Crippen molar-refractivity contribution in [3.8, 4) is 0 Å². The Kier molecular flexibility index (Phi) is 4.73. The molecular weight excluding hydrogens is 300 g/mol. The van der Waals surface area contributed by atoms with Gasteiger partial charge in [-0.05, 0) is 68.4 Å². The molecule has 1 nitrogen and oxygen atoms in total. The van der Waals surface area contributed by atoms with E-state index in [2.05, 4.69) is 56.6 Å². The van der Waals surface area contributed by atoms with Crippen LogP contribution in [0.4, 0.5) is 0 Å². The van der Waals surface area contributed by atoms with Crippen LogP contribution in [0.1, 0.15) is 52.4 Å². The average Bonchev–Trinajstić information content (AvgIpc) is 2.84. The number of ether oxygens (including phenoxy) is 1. The van der Waals surface area contributed by atoms with Crippen LogP contribution in [0.3, 0.4) is 0 Å². The molecule has 0 amide bonds. The molecule has 1 aliphatic heterocycles. The molecule has 2 heteroatoms. The molecule has 0 N–H and O–H groups in total. The fourth-order valence-electron chi connectivity index (χ4n) is 3.30. The largest absolute Gasteiger partial charge is 0.378 e. The van der Waals surface area contributed by atoms with E-state index in [1.54, 1.807) is 0 Å². The first-order valence-corrected chi connectivity index (χ1v) is 8.21. The zero-order valence-corrected chi connectivity index (χ0v) is 14.3. The lowest BCUT2D eigenvalue weighted by molar-refractivity contribution is 0.0872. The van der Waals surface area contributed by atoms with Crippen molar-refractivity contribution >= 4 is 15.9 Å². The summed E-state index contributed by atoms with van der Waals surface area (Å²) in [6, 6.07) is 2.30. The van der Waals surface area contributed by atoms with Gasteiger partial charge in [-0.15, -0.1) is 0 Å². The van der Waals surface area contributed by atoms with Gasteiger partial charge in [0.1, 0.15) is 0 Å². The molecule has 106 valence electrons. The van der Waals surface area contributed by atoms with Crippen LogP contribution < -0.4 is 0 Å². The van der Waals surface area contributed by atoms with Crippen molar-refractivity contribution in [3.63, 3.8) is 0 Å². The predicted molar refractivity (Wildman–Crippen MR) is 85.2 cm³/mol. The number of hydrogen-bond acceptors (Lipinski definition) is 1. The summed E-state index contributed by atoms with van der Waals surface area (Å²) < 4.78 is 5.87. The van der Waals surface area contributed by atoms with Gasteiger partial charge < -0.3 is 4.74 Å². The van der Waals surface area contributed by atoms with Crippen LogP contribution in [0.2, 0.25) is 0 Å². The third-order valence-corrected chi connectivity index (χ3v) is 5.88. The topological polar surface area (TPSA) is 9.23 Å². The van der Waals surface area contributed by atoms with Crippen LogP contribution in [0.25, 0.3) is 0 Å². The Bertz CT molecular complexity index is 441. The number of benzene rings is 1. The molecule has 1 aliphatic rings. The van der Waals surface area contributed by atoms with E-state index in [4.69, 9.17) is 4.74 Å². The highest BCUT2D eigenvalue weighted by Crippen LogP contribution is 2.43. The van der Waals surface area contributed by atoms with Crippen molar-refractivity contribution in [1.29, 1.82) is 0 Å². The number of rotatable bonds is 3. The van der Waals surface area contributed by atoms with E-state index in [0.29, 0.717) is 16.8 Å². The zero-order valence-electron chi connectivity index (χ0n) is 12.7. The number of hydrogen-bond donors (Lipinski definition) is 0. The number of aryl methyl sites for hydroxylation is 2. The minimum atomic E-state index is 0.406. The SMILES string of the molecule is CCC1OCCC1C(Br)c1c(C)c(C)cc(C)c1C. The lowest BCUT2D eigenvalue weighted by atomic mass is 9.85. The third-order valence-electron chi connectivity index (χ3n) is 4.74. The van der Waals surface area contributed by atoms with Gasteiger partial charge in [0.2, 0.25) is 0 Å². The molecule has 0 radical (unpaired) electrons. The van der Waals surface area contributed by atoms with Crippen molar-refractivity contribution in [1.82, 2.24) is 0 Å². The summed E-state index contributed by atoms with van der Waals surface area (Å²) in [6.07, 6.45) is 2.68. The standard InChI is InChI=1S/C17H25BrO/c1-6-15-14(7-8-19-15)17(18)16-12(4)10(2)9-11(3)13(16)5/h9,14-15,17H,6-8H2,1-5H3. The Morgan fingerprint density at radius 3 is 2.32 bits per heavy atom. The zero-order chi connectivity index (χ0) is 14.2. The average molecular weight is 325 g/mol. The molecule has 0 saturated carbocycles. The fraction of sp³-hybridized carbons (Fsp3) is 0.647. The first-order valence-electron chi connectivity index (χ1n) is 7.30. The normalized spacial score (nSPS) is 24.7. The first-order chi connectivity index (χ1) is 8.97. The number of halogens is 1. The van der Waals surface area contributed by atoms with Crippen molar-refractivity contribution < 1.29 is 4.74 Å². The van der Waals surface area contributed by atoms with Crippen molar-refractivity contribution in [2.45, 2.75) is 58.4 Å². The van der Waals surface area contributed by atoms with E-state index in [0.717, 1.165) is 13.0 Å². The van der Waals surface area contributed by atoms with Crippen molar-refractivity contribution in [2.75, 3.05) is 6.61 Å². The highest BCUT2D eigenvalue weighted by Gasteiger charge is 2.34. The molecular formula is C17H25BrO. The van der Waals surface area contributed by atoms with E-state index in [-0.39, 0.29) is 0 Å². The molecule has 3 atom stereocenters. The van der Waals surface area contributed by atoms with Crippen molar-refractivity contribution in [2.24, 2.45) is 5.92 Å². The highest BCUT2D eigenvalue weighted by atomic mass is 79.9. The maximum atomic E-state index is 5.87. The minimum absolute atomic E-state index is 0.406. The van der Waals surface area contributed by atoms with Gasteiger partial charge in [0.25, 0.3) is 0 Å². The molecule has 1 fully saturated rings. The molecule has 0 bridgehead atoms. The first kappa shape index (κ1) is 15.1. The molecule has 0 spiro atoms. The Morgan fingerprint density at radius 1 is 1.21 bits per heavy atom. The van der Waals surface area contributed by atoms with Crippen molar-refractivity contribution in [3.05, 3.63) is 33.9 Å². The van der Waals surface area contributed by atoms with Gasteiger partial charge in [-0.25, -0.2) is 0 Å².